The van der Waals surface area contributed by atoms with Crippen molar-refractivity contribution < 1.29 is 0 Å². The first-order chi connectivity index (χ1) is 17.8. The van der Waals surface area contributed by atoms with E-state index in [0.717, 1.165) is 11.4 Å². The molecule has 170 valence electrons. The number of fused-ring (bicyclic) bond motifs is 4. The Balaban J connectivity index is 1.27. The molecule has 0 atom stereocenters. The number of nitrogens with one attached hydrogen (secondary N) is 1. The average molecular weight is 478 g/mol. The van der Waals surface area contributed by atoms with E-state index < -0.39 is 0 Å². The molecule has 0 amide bonds. The van der Waals surface area contributed by atoms with E-state index in [2.05, 4.69) is 139 Å². The van der Waals surface area contributed by atoms with Gasteiger partial charge in [0.2, 0.25) is 0 Å². The fraction of sp³-hybridized carbons (Fsp3) is 0. The monoisotopic (exact) mass is 477 g/mol. The SMILES string of the molecule is c1ccc(-c2cccc3c2sc2c(Nc4ccc(-c5cccc6ccccc56)cc4)cccc23)cc1. The number of rotatable bonds is 4. The second-order valence-corrected chi connectivity index (χ2v) is 10.1. The Hall–Kier alpha value is -4.40. The van der Waals surface area contributed by atoms with Crippen molar-refractivity contribution in [3.8, 4) is 22.3 Å². The van der Waals surface area contributed by atoms with Crippen molar-refractivity contribution in [2.45, 2.75) is 0 Å². The molecule has 2 heteroatoms. The molecule has 1 N–H and O–H groups in total. The molecule has 1 heterocycles. The van der Waals surface area contributed by atoms with Crippen LogP contribution in [0, 0.1) is 0 Å². The molecule has 0 aliphatic carbocycles. The van der Waals surface area contributed by atoms with E-state index in [4.69, 9.17) is 0 Å². The summed E-state index contributed by atoms with van der Waals surface area (Å²) in [5.74, 6) is 0. The third-order valence-electron chi connectivity index (χ3n) is 6.87. The van der Waals surface area contributed by atoms with E-state index in [1.807, 2.05) is 11.3 Å². The molecule has 0 spiro atoms. The van der Waals surface area contributed by atoms with E-state index in [9.17, 15) is 0 Å². The first-order valence-electron chi connectivity index (χ1n) is 12.2. The zero-order valence-corrected chi connectivity index (χ0v) is 20.4. The summed E-state index contributed by atoms with van der Waals surface area (Å²) in [6, 6.07) is 47.7. The maximum absolute atomic E-state index is 3.69. The van der Waals surface area contributed by atoms with Crippen LogP contribution in [0.4, 0.5) is 11.4 Å². The second kappa shape index (κ2) is 8.67. The lowest BCUT2D eigenvalue weighted by molar-refractivity contribution is 1.58. The summed E-state index contributed by atoms with van der Waals surface area (Å²) >= 11 is 1.87. The number of hydrogen-bond donors (Lipinski definition) is 1. The Morgan fingerprint density at radius 2 is 1.03 bits per heavy atom. The van der Waals surface area contributed by atoms with Gasteiger partial charge in [0.25, 0.3) is 0 Å². The molecular weight excluding hydrogens is 454 g/mol. The summed E-state index contributed by atoms with van der Waals surface area (Å²) < 4.78 is 2.62. The minimum absolute atomic E-state index is 1.09. The van der Waals surface area contributed by atoms with Crippen molar-refractivity contribution in [3.05, 3.63) is 133 Å². The predicted octanol–water partition coefficient (Wildman–Crippen LogP) is 10.3. The molecule has 0 fully saturated rings. The number of hydrogen-bond acceptors (Lipinski definition) is 2. The first-order valence-corrected chi connectivity index (χ1v) is 13.0. The average Bonchev–Trinajstić information content (AvgIpc) is 3.34. The maximum atomic E-state index is 3.69. The highest BCUT2D eigenvalue weighted by Gasteiger charge is 2.13. The molecule has 1 aromatic heterocycles. The molecule has 6 aromatic carbocycles. The van der Waals surface area contributed by atoms with Crippen molar-refractivity contribution >= 4 is 53.7 Å². The lowest BCUT2D eigenvalue weighted by atomic mass is 9.98. The predicted molar refractivity (Wildman–Crippen MR) is 157 cm³/mol. The Kier molecular flexibility index (Phi) is 5.04. The van der Waals surface area contributed by atoms with E-state index in [0.29, 0.717) is 0 Å². The molecule has 0 bridgehead atoms. The van der Waals surface area contributed by atoms with Gasteiger partial charge in [0, 0.05) is 21.2 Å². The molecule has 1 nitrogen and oxygen atoms in total. The Morgan fingerprint density at radius 1 is 0.417 bits per heavy atom. The molecule has 0 aliphatic rings. The molecule has 7 rings (SSSR count). The Labute approximate surface area is 214 Å². The largest absolute Gasteiger partial charge is 0.354 e. The van der Waals surface area contributed by atoms with Gasteiger partial charge in [0.15, 0.2) is 0 Å². The van der Waals surface area contributed by atoms with Crippen molar-refractivity contribution in [1.82, 2.24) is 0 Å². The molecule has 0 radical (unpaired) electrons. The number of anilines is 2. The van der Waals surface area contributed by atoms with Gasteiger partial charge in [-0.05, 0) is 51.2 Å². The minimum atomic E-state index is 1.09. The number of thiophene rings is 1. The van der Waals surface area contributed by atoms with E-state index in [1.165, 1.54) is 53.2 Å². The van der Waals surface area contributed by atoms with Gasteiger partial charge >= 0.3 is 0 Å². The highest BCUT2D eigenvalue weighted by Crippen LogP contribution is 2.43. The summed E-state index contributed by atoms with van der Waals surface area (Å²) in [4.78, 5) is 0. The summed E-state index contributed by atoms with van der Waals surface area (Å²) in [5.41, 5.74) is 7.27. The third-order valence-corrected chi connectivity index (χ3v) is 8.16. The van der Waals surface area contributed by atoms with Crippen LogP contribution in [0.25, 0.3) is 53.2 Å². The second-order valence-electron chi connectivity index (χ2n) is 9.06. The van der Waals surface area contributed by atoms with Crippen LogP contribution in [0.5, 0.6) is 0 Å². The summed E-state index contributed by atoms with van der Waals surface area (Å²) in [5, 5.41) is 8.85. The molecule has 7 aromatic rings. The van der Waals surface area contributed by atoms with E-state index >= 15 is 0 Å². The van der Waals surface area contributed by atoms with Gasteiger partial charge in [-0.3, -0.25) is 0 Å². The summed E-state index contributed by atoms with van der Waals surface area (Å²) in [6.07, 6.45) is 0. The van der Waals surface area contributed by atoms with Crippen LogP contribution in [0.3, 0.4) is 0 Å². The van der Waals surface area contributed by atoms with E-state index in [1.54, 1.807) is 0 Å². The first kappa shape index (κ1) is 20.9. The summed E-state index contributed by atoms with van der Waals surface area (Å²) in [6.45, 7) is 0. The Morgan fingerprint density at radius 3 is 1.89 bits per heavy atom. The topological polar surface area (TPSA) is 12.0 Å². The van der Waals surface area contributed by atoms with Crippen molar-refractivity contribution in [3.63, 3.8) is 0 Å². The van der Waals surface area contributed by atoms with Gasteiger partial charge in [-0.15, -0.1) is 11.3 Å². The molecule has 36 heavy (non-hydrogen) atoms. The Bertz CT molecular complexity index is 1840. The highest BCUT2D eigenvalue weighted by atomic mass is 32.1. The number of benzene rings is 6. The van der Waals surface area contributed by atoms with Crippen molar-refractivity contribution in [2.24, 2.45) is 0 Å². The quantitative estimate of drug-likeness (QED) is 0.266. The van der Waals surface area contributed by atoms with Crippen LogP contribution in [0.2, 0.25) is 0 Å². The highest BCUT2D eigenvalue weighted by molar-refractivity contribution is 7.27. The maximum Gasteiger partial charge on any atom is 0.0590 e. The van der Waals surface area contributed by atoms with Crippen LogP contribution >= 0.6 is 11.3 Å². The zero-order chi connectivity index (χ0) is 23.9. The van der Waals surface area contributed by atoms with Crippen LogP contribution in [-0.2, 0) is 0 Å². The fourth-order valence-corrected chi connectivity index (χ4v) is 6.43. The van der Waals surface area contributed by atoms with Gasteiger partial charge < -0.3 is 5.32 Å². The molecule has 0 saturated heterocycles. The van der Waals surface area contributed by atoms with Gasteiger partial charge in [-0.1, -0.05) is 115 Å². The van der Waals surface area contributed by atoms with Gasteiger partial charge in [-0.2, -0.15) is 0 Å². The lowest BCUT2D eigenvalue weighted by Crippen LogP contribution is -1.90. The lowest BCUT2D eigenvalue weighted by Gasteiger charge is -2.10. The van der Waals surface area contributed by atoms with E-state index in [-0.39, 0.29) is 0 Å². The van der Waals surface area contributed by atoms with Gasteiger partial charge in [0.05, 0.1) is 10.4 Å². The van der Waals surface area contributed by atoms with Crippen molar-refractivity contribution in [2.75, 3.05) is 5.32 Å². The van der Waals surface area contributed by atoms with Gasteiger partial charge in [0.1, 0.15) is 0 Å². The smallest absolute Gasteiger partial charge is 0.0590 e. The third kappa shape index (κ3) is 3.55. The molecule has 0 saturated carbocycles. The zero-order valence-electron chi connectivity index (χ0n) is 19.6. The van der Waals surface area contributed by atoms with Crippen LogP contribution in [0.1, 0.15) is 0 Å². The van der Waals surface area contributed by atoms with Crippen LogP contribution in [-0.4, -0.2) is 0 Å². The van der Waals surface area contributed by atoms with Crippen LogP contribution < -0.4 is 5.32 Å². The van der Waals surface area contributed by atoms with Crippen molar-refractivity contribution in [1.29, 1.82) is 0 Å². The normalized spacial score (nSPS) is 11.3. The standard InChI is InChI=1S/C34H23NS/c1-2-9-24(10-3-1)29-15-7-16-30-31-17-8-18-32(34(31)36-33(29)30)35-26-21-19-25(20-22-26)28-14-6-12-23-11-4-5-13-27(23)28/h1-22,35H. The minimum Gasteiger partial charge on any atom is -0.354 e. The fourth-order valence-electron chi connectivity index (χ4n) is 5.13. The molecule has 0 unspecified atom stereocenters. The summed E-state index contributed by atoms with van der Waals surface area (Å²) in [7, 11) is 0. The van der Waals surface area contributed by atoms with Gasteiger partial charge in [-0.25, -0.2) is 0 Å². The molecular formula is C34H23NS. The van der Waals surface area contributed by atoms with Crippen LogP contribution in [0.15, 0.2) is 133 Å². The molecule has 0 aliphatic heterocycles.